The Labute approximate surface area is 204 Å². The Hall–Kier alpha value is -4.18. The molecule has 0 N–H and O–H groups in total. The Balaban J connectivity index is 1.83. The zero-order chi connectivity index (χ0) is 24.9. The highest BCUT2D eigenvalue weighted by atomic mass is 16.5. The minimum Gasteiger partial charge on any atom is -0.462 e. The van der Waals surface area contributed by atoms with Gasteiger partial charge >= 0.3 is 5.97 Å². The molecule has 7 nitrogen and oxygen atoms in total. The Morgan fingerprint density at radius 3 is 2.49 bits per heavy atom. The fourth-order valence-electron chi connectivity index (χ4n) is 4.34. The summed E-state index contributed by atoms with van der Waals surface area (Å²) in [6, 6.07) is 17.7. The van der Waals surface area contributed by atoms with Crippen LogP contribution in [0.5, 0.6) is 0 Å². The standard InChI is InChI=1S/C28H28N4O3/c1-4-9-22-18-31(26-25(28(34)35-6-3)24(5-2)30-32(26)27(22)33)17-19-12-14-20(15-13-19)23-11-8-7-10-21(23)16-29/h7-8,10-15,18H,4-6,9,17H2,1-3H3. The van der Waals surface area contributed by atoms with E-state index in [-0.39, 0.29) is 12.2 Å². The molecule has 0 atom stereocenters. The highest BCUT2D eigenvalue weighted by Gasteiger charge is 2.24. The minimum atomic E-state index is -0.473. The smallest absolute Gasteiger partial charge is 0.343 e. The topological polar surface area (TPSA) is 89.4 Å². The van der Waals surface area contributed by atoms with Crippen molar-refractivity contribution in [3.63, 3.8) is 0 Å². The summed E-state index contributed by atoms with van der Waals surface area (Å²) in [4.78, 5) is 26.0. The number of fused-ring (bicyclic) bond motifs is 1. The summed E-state index contributed by atoms with van der Waals surface area (Å²) in [5.74, 6) is -0.473. The molecule has 0 saturated heterocycles. The number of rotatable bonds is 8. The van der Waals surface area contributed by atoms with E-state index in [0.717, 1.165) is 23.1 Å². The third-order valence-corrected chi connectivity index (χ3v) is 5.98. The highest BCUT2D eigenvalue weighted by Crippen LogP contribution is 2.25. The van der Waals surface area contributed by atoms with Gasteiger partial charge in [0.1, 0.15) is 5.56 Å². The summed E-state index contributed by atoms with van der Waals surface area (Å²) in [6.07, 6.45) is 3.78. The van der Waals surface area contributed by atoms with Gasteiger partial charge in [-0.2, -0.15) is 14.9 Å². The van der Waals surface area contributed by atoms with E-state index in [1.54, 1.807) is 13.0 Å². The number of esters is 1. The minimum absolute atomic E-state index is 0.202. The number of nitrogens with zero attached hydrogens (tertiary/aromatic N) is 4. The first-order valence-corrected chi connectivity index (χ1v) is 11.9. The summed E-state index contributed by atoms with van der Waals surface area (Å²) < 4.78 is 8.59. The van der Waals surface area contributed by atoms with Crippen LogP contribution in [0.3, 0.4) is 0 Å². The monoisotopic (exact) mass is 468 g/mol. The Kier molecular flexibility index (Phi) is 7.11. The van der Waals surface area contributed by atoms with Crippen molar-refractivity contribution in [2.24, 2.45) is 0 Å². The van der Waals surface area contributed by atoms with Crippen LogP contribution in [0.15, 0.2) is 59.5 Å². The zero-order valence-corrected chi connectivity index (χ0v) is 20.2. The van der Waals surface area contributed by atoms with Crippen molar-refractivity contribution >= 4 is 11.6 Å². The molecule has 0 fully saturated rings. The molecule has 178 valence electrons. The molecule has 0 radical (unpaired) electrons. The summed E-state index contributed by atoms with van der Waals surface area (Å²) in [6.45, 7) is 6.37. The number of aromatic nitrogens is 3. The Morgan fingerprint density at radius 2 is 1.83 bits per heavy atom. The van der Waals surface area contributed by atoms with Crippen LogP contribution in [-0.2, 0) is 24.1 Å². The molecule has 0 aliphatic heterocycles. The van der Waals surface area contributed by atoms with Crippen LogP contribution >= 0.6 is 0 Å². The zero-order valence-electron chi connectivity index (χ0n) is 20.2. The average molecular weight is 469 g/mol. The van der Waals surface area contributed by atoms with Crippen LogP contribution in [0.25, 0.3) is 16.8 Å². The predicted molar refractivity (Wildman–Crippen MR) is 134 cm³/mol. The molecule has 4 rings (SSSR count). The van der Waals surface area contributed by atoms with Gasteiger partial charge in [-0.15, -0.1) is 0 Å². The average Bonchev–Trinajstić information content (AvgIpc) is 3.28. The molecule has 0 bridgehead atoms. The van der Waals surface area contributed by atoms with Crippen molar-refractivity contribution in [1.29, 1.82) is 5.26 Å². The van der Waals surface area contributed by atoms with Gasteiger partial charge in [-0.05, 0) is 42.5 Å². The number of carbonyl (C=O) groups excluding carboxylic acids is 1. The predicted octanol–water partition coefficient (Wildman–Crippen LogP) is 4.77. The van der Waals surface area contributed by atoms with Crippen LogP contribution < -0.4 is 5.56 Å². The fourth-order valence-corrected chi connectivity index (χ4v) is 4.34. The second kappa shape index (κ2) is 10.4. The van der Waals surface area contributed by atoms with Gasteiger partial charge in [-0.25, -0.2) is 4.79 Å². The van der Waals surface area contributed by atoms with Crippen LogP contribution in [0, 0.1) is 11.3 Å². The number of hydrogen-bond acceptors (Lipinski definition) is 5. The maximum absolute atomic E-state index is 13.2. The van der Waals surface area contributed by atoms with Crippen molar-refractivity contribution in [3.8, 4) is 17.2 Å². The molecule has 2 aromatic carbocycles. The van der Waals surface area contributed by atoms with Crippen LogP contribution in [0.4, 0.5) is 0 Å². The van der Waals surface area contributed by atoms with E-state index in [1.165, 1.54) is 4.52 Å². The number of aryl methyl sites for hydroxylation is 2. The quantitative estimate of drug-likeness (QED) is 0.347. The van der Waals surface area contributed by atoms with E-state index in [9.17, 15) is 14.9 Å². The number of carbonyl (C=O) groups is 1. The van der Waals surface area contributed by atoms with Crippen LogP contribution in [-0.4, -0.2) is 26.8 Å². The fraction of sp³-hybridized carbons (Fsp3) is 0.286. The van der Waals surface area contributed by atoms with Crippen molar-refractivity contribution in [2.45, 2.75) is 46.6 Å². The van der Waals surface area contributed by atoms with Gasteiger partial charge in [0.25, 0.3) is 5.56 Å². The van der Waals surface area contributed by atoms with Gasteiger partial charge in [-0.1, -0.05) is 62.7 Å². The van der Waals surface area contributed by atoms with Crippen molar-refractivity contribution in [2.75, 3.05) is 6.61 Å². The molecule has 0 saturated carbocycles. The number of ether oxygens (including phenoxy) is 1. The van der Waals surface area contributed by atoms with Gasteiger partial charge in [0, 0.05) is 18.3 Å². The molecule has 4 aromatic rings. The molecule has 35 heavy (non-hydrogen) atoms. The highest BCUT2D eigenvalue weighted by molar-refractivity contribution is 5.97. The normalized spacial score (nSPS) is 10.9. The van der Waals surface area contributed by atoms with Gasteiger partial charge in [-0.3, -0.25) is 4.79 Å². The van der Waals surface area contributed by atoms with Crippen LogP contribution in [0.2, 0.25) is 0 Å². The van der Waals surface area contributed by atoms with Gasteiger partial charge in [0.2, 0.25) is 0 Å². The van der Waals surface area contributed by atoms with Gasteiger partial charge in [0.05, 0.1) is 23.9 Å². The van der Waals surface area contributed by atoms with Gasteiger partial charge < -0.3 is 9.30 Å². The van der Waals surface area contributed by atoms with E-state index in [1.807, 2.05) is 67.1 Å². The first kappa shape index (κ1) is 24.0. The summed E-state index contributed by atoms with van der Waals surface area (Å²) in [7, 11) is 0. The second-order valence-electron chi connectivity index (χ2n) is 8.32. The molecule has 0 aliphatic carbocycles. The van der Waals surface area contributed by atoms with Crippen molar-refractivity contribution < 1.29 is 9.53 Å². The summed E-state index contributed by atoms with van der Waals surface area (Å²) in [5, 5.41) is 13.9. The lowest BCUT2D eigenvalue weighted by atomic mass is 9.99. The molecule has 2 aromatic heterocycles. The second-order valence-corrected chi connectivity index (χ2v) is 8.32. The lowest BCUT2D eigenvalue weighted by Gasteiger charge is -2.14. The number of hydrogen-bond donors (Lipinski definition) is 0. The largest absolute Gasteiger partial charge is 0.462 e. The SMILES string of the molecule is CCCc1cn(Cc2ccc(-c3ccccc3C#N)cc2)c2c(C(=O)OCC)c(CC)nn2c1=O. The van der Waals surface area contributed by atoms with E-state index >= 15 is 0 Å². The Morgan fingerprint density at radius 1 is 1.09 bits per heavy atom. The molecule has 0 aliphatic rings. The third-order valence-electron chi connectivity index (χ3n) is 5.98. The lowest BCUT2D eigenvalue weighted by Crippen LogP contribution is -2.24. The Bertz CT molecular complexity index is 1470. The van der Waals surface area contributed by atoms with Gasteiger partial charge in [0.15, 0.2) is 5.65 Å². The van der Waals surface area contributed by atoms with Crippen LogP contribution in [0.1, 0.15) is 59.9 Å². The first-order valence-electron chi connectivity index (χ1n) is 11.9. The molecule has 0 unspecified atom stereocenters. The first-order chi connectivity index (χ1) is 17.0. The third kappa shape index (κ3) is 4.60. The maximum Gasteiger partial charge on any atom is 0.343 e. The molecule has 2 heterocycles. The van der Waals surface area contributed by atoms with E-state index < -0.39 is 5.97 Å². The molecule has 7 heteroatoms. The van der Waals surface area contributed by atoms with E-state index in [0.29, 0.717) is 47.4 Å². The molecule has 0 amide bonds. The summed E-state index contributed by atoms with van der Waals surface area (Å²) >= 11 is 0. The van der Waals surface area contributed by atoms with E-state index in [4.69, 9.17) is 4.74 Å². The number of nitriles is 1. The maximum atomic E-state index is 13.2. The van der Waals surface area contributed by atoms with E-state index in [2.05, 4.69) is 11.2 Å². The molecular formula is C28H28N4O3. The molecular weight excluding hydrogens is 440 g/mol. The summed E-state index contributed by atoms with van der Waals surface area (Å²) in [5.41, 5.74) is 5.23. The van der Waals surface area contributed by atoms with Crippen molar-refractivity contribution in [3.05, 3.63) is 93.0 Å². The number of benzene rings is 2. The van der Waals surface area contributed by atoms with Crippen molar-refractivity contribution in [1.82, 2.24) is 14.2 Å². The molecule has 0 spiro atoms. The lowest BCUT2D eigenvalue weighted by molar-refractivity contribution is 0.0527.